The number of hydrogen-bond donors (Lipinski definition) is 0. The fraction of sp³-hybridized carbons (Fsp3) is 0.667. The van der Waals surface area contributed by atoms with E-state index in [1.807, 2.05) is 0 Å². The van der Waals surface area contributed by atoms with Crippen molar-refractivity contribution in [2.75, 3.05) is 33.3 Å². The highest BCUT2D eigenvalue weighted by Gasteiger charge is 2.28. The summed E-state index contributed by atoms with van der Waals surface area (Å²) < 4.78 is 6.63. The minimum atomic E-state index is -0.170. The number of quaternary nitrogens is 1. The maximum absolute atomic E-state index is 12.8. The van der Waals surface area contributed by atoms with Crippen LogP contribution in [0.4, 0.5) is 0 Å². The third-order valence-electron chi connectivity index (χ3n) is 5.76. The summed E-state index contributed by atoms with van der Waals surface area (Å²) in [6.45, 7) is 16.3. The maximum atomic E-state index is 12.8. The number of likely N-dealkylation sites (N-methyl/N-ethyl adjacent to an activating group) is 1. The van der Waals surface area contributed by atoms with Crippen molar-refractivity contribution in [3.05, 3.63) is 34.9 Å². The number of aryl methyl sites for hydroxylation is 2. The summed E-state index contributed by atoms with van der Waals surface area (Å²) in [7, 11) is 2.21. The van der Waals surface area contributed by atoms with Crippen LogP contribution < -0.4 is 0 Å². The van der Waals surface area contributed by atoms with Gasteiger partial charge >= 0.3 is 5.97 Å². The molecule has 0 radical (unpaired) electrons. The van der Waals surface area contributed by atoms with Crippen molar-refractivity contribution in [1.82, 2.24) is 0 Å². The Morgan fingerprint density at radius 3 is 2.25 bits per heavy atom. The first kappa shape index (κ1) is 20.7. The van der Waals surface area contributed by atoms with E-state index in [0.717, 1.165) is 36.1 Å². The average Bonchev–Trinajstić information content (AvgIpc) is 2.57. The van der Waals surface area contributed by atoms with Crippen LogP contribution in [0.2, 0.25) is 0 Å². The van der Waals surface area contributed by atoms with Crippen LogP contribution in [-0.4, -0.2) is 43.7 Å². The minimum Gasteiger partial charge on any atom is -0.459 e. The zero-order valence-corrected chi connectivity index (χ0v) is 16.7. The van der Waals surface area contributed by atoms with E-state index < -0.39 is 0 Å². The number of carbonyl (C=O) groups excluding carboxylic acids is 1. The predicted octanol–water partition coefficient (Wildman–Crippen LogP) is 4.46. The lowest BCUT2D eigenvalue weighted by molar-refractivity contribution is -0.906. The zero-order valence-electron chi connectivity index (χ0n) is 16.7. The van der Waals surface area contributed by atoms with Crippen molar-refractivity contribution in [1.29, 1.82) is 0 Å². The third-order valence-corrected chi connectivity index (χ3v) is 5.76. The van der Waals surface area contributed by atoms with E-state index in [1.165, 1.54) is 11.1 Å². The Balaban J connectivity index is 2.85. The van der Waals surface area contributed by atoms with Crippen molar-refractivity contribution in [2.24, 2.45) is 5.92 Å². The van der Waals surface area contributed by atoms with Crippen LogP contribution in [-0.2, 0) is 9.53 Å². The molecule has 1 aromatic carbocycles. The Bertz CT molecular complexity index is 535. The second kappa shape index (κ2) is 9.22. The molecule has 0 saturated heterocycles. The molecule has 3 heteroatoms. The summed E-state index contributed by atoms with van der Waals surface area (Å²) in [5.41, 5.74) is 3.57. The molecule has 136 valence electrons. The summed E-state index contributed by atoms with van der Waals surface area (Å²) in [6.07, 6.45) is 0.963. The summed E-state index contributed by atoms with van der Waals surface area (Å²) in [4.78, 5) is 12.8. The Morgan fingerprint density at radius 2 is 1.75 bits per heavy atom. The van der Waals surface area contributed by atoms with Gasteiger partial charge in [0.15, 0.2) is 0 Å². The molecule has 0 aliphatic carbocycles. The number of benzene rings is 1. The molecule has 0 amide bonds. The molecule has 0 heterocycles. The molecular weight excluding hydrogens is 298 g/mol. The van der Waals surface area contributed by atoms with Crippen molar-refractivity contribution in [2.45, 2.75) is 53.9 Å². The van der Waals surface area contributed by atoms with Gasteiger partial charge in [0.1, 0.15) is 13.2 Å². The minimum absolute atomic E-state index is 0.0774. The van der Waals surface area contributed by atoms with Crippen molar-refractivity contribution in [3.63, 3.8) is 0 Å². The molecule has 0 fully saturated rings. The molecule has 0 spiro atoms. The molecule has 2 atom stereocenters. The standard InChI is InChI=1S/C21H36NO2/c1-8-16(4)20(19-12-11-17(5)18(6)15-19)21(23)24-14-13-22(7,9-2)10-3/h11-12,15-16,20H,8-10,13-14H2,1-7H3/q+1. The van der Waals surface area contributed by atoms with Gasteiger partial charge in [-0.2, -0.15) is 0 Å². The Hall–Kier alpha value is -1.35. The van der Waals surface area contributed by atoms with Gasteiger partial charge in [0.2, 0.25) is 0 Å². The molecule has 0 aromatic heterocycles. The molecule has 0 aliphatic heterocycles. The largest absolute Gasteiger partial charge is 0.459 e. The monoisotopic (exact) mass is 334 g/mol. The second-order valence-corrected chi connectivity index (χ2v) is 7.35. The van der Waals surface area contributed by atoms with Gasteiger partial charge in [0, 0.05) is 0 Å². The second-order valence-electron chi connectivity index (χ2n) is 7.35. The first-order valence-electron chi connectivity index (χ1n) is 9.35. The lowest BCUT2D eigenvalue weighted by Gasteiger charge is -2.32. The van der Waals surface area contributed by atoms with E-state index in [4.69, 9.17) is 4.74 Å². The van der Waals surface area contributed by atoms with Crippen molar-refractivity contribution >= 4 is 5.97 Å². The molecule has 2 unspecified atom stereocenters. The molecule has 0 N–H and O–H groups in total. The number of esters is 1. The summed E-state index contributed by atoms with van der Waals surface area (Å²) in [5.74, 6) is 0.0282. The van der Waals surface area contributed by atoms with Gasteiger partial charge in [-0.1, -0.05) is 38.5 Å². The van der Waals surface area contributed by atoms with Gasteiger partial charge < -0.3 is 9.22 Å². The smallest absolute Gasteiger partial charge is 0.313 e. The number of carbonyl (C=O) groups is 1. The Kier molecular flexibility index (Phi) is 7.95. The summed E-state index contributed by atoms with van der Waals surface area (Å²) in [5, 5.41) is 0. The summed E-state index contributed by atoms with van der Waals surface area (Å²) in [6, 6.07) is 6.33. The van der Waals surface area contributed by atoms with E-state index >= 15 is 0 Å². The van der Waals surface area contributed by atoms with Crippen molar-refractivity contribution < 1.29 is 14.0 Å². The lowest BCUT2D eigenvalue weighted by Crippen LogP contribution is -2.46. The molecule has 1 rings (SSSR count). The van der Waals surface area contributed by atoms with Gasteiger partial charge in [-0.15, -0.1) is 0 Å². The van der Waals surface area contributed by atoms with E-state index in [1.54, 1.807) is 0 Å². The van der Waals surface area contributed by atoms with Crippen LogP contribution in [0.5, 0.6) is 0 Å². The van der Waals surface area contributed by atoms with Gasteiger partial charge in [-0.3, -0.25) is 4.79 Å². The van der Waals surface area contributed by atoms with Crippen LogP contribution in [0.15, 0.2) is 18.2 Å². The quantitative estimate of drug-likeness (QED) is 0.492. The SMILES string of the molecule is CCC(C)C(C(=O)OCC[N+](C)(CC)CC)c1ccc(C)c(C)c1. The topological polar surface area (TPSA) is 26.3 Å². The molecule has 0 saturated carbocycles. The number of ether oxygens (including phenoxy) is 1. The number of rotatable bonds is 9. The van der Waals surface area contributed by atoms with E-state index in [9.17, 15) is 4.79 Å². The highest BCUT2D eigenvalue weighted by atomic mass is 16.5. The van der Waals surface area contributed by atoms with Gasteiger partial charge in [-0.25, -0.2) is 0 Å². The first-order chi connectivity index (χ1) is 11.3. The lowest BCUT2D eigenvalue weighted by atomic mass is 9.84. The van der Waals surface area contributed by atoms with Crippen LogP contribution in [0.3, 0.4) is 0 Å². The fourth-order valence-electron chi connectivity index (χ4n) is 2.89. The van der Waals surface area contributed by atoms with Crippen LogP contribution >= 0.6 is 0 Å². The normalized spacial score (nSPS) is 14.3. The Morgan fingerprint density at radius 1 is 1.12 bits per heavy atom. The maximum Gasteiger partial charge on any atom is 0.313 e. The molecule has 0 bridgehead atoms. The fourth-order valence-corrected chi connectivity index (χ4v) is 2.89. The summed E-state index contributed by atoms with van der Waals surface area (Å²) >= 11 is 0. The predicted molar refractivity (Wildman–Crippen MR) is 101 cm³/mol. The molecule has 1 aromatic rings. The van der Waals surface area contributed by atoms with E-state index in [-0.39, 0.29) is 17.8 Å². The van der Waals surface area contributed by atoms with Gasteiger partial charge in [0.25, 0.3) is 0 Å². The van der Waals surface area contributed by atoms with Crippen LogP contribution in [0.1, 0.15) is 56.7 Å². The van der Waals surface area contributed by atoms with E-state index in [2.05, 4.69) is 66.8 Å². The zero-order chi connectivity index (χ0) is 18.3. The Labute approximate surface area is 148 Å². The van der Waals surface area contributed by atoms with Gasteiger partial charge in [-0.05, 0) is 50.3 Å². The molecule has 0 aliphatic rings. The average molecular weight is 335 g/mol. The van der Waals surface area contributed by atoms with Crippen molar-refractivity contribution in [3.8, 4) is 0 Å². The number of nitrogens with zero attached hydrogens (tertiary/aromatic N) is 1. The molecule has 24 heavy (non-hydrogen) atoms. The van der Waals surface area contributed by atoms with E-state index in [0.29, 0.717) is 6.61 Å². The molecule has 3 nitrogen and oxygen atoms in total. The highest BCUT2D eigenvalue weighted by Crippen LogP contribution is 2.29. The van der Waals surface area contributed by atoms with Gasteiger partial charge in [0.05, 0.1) is 26.1 Å². The number of hydrogen-bond acceptors (Lipinski definition) is 2. The third kappa shape index (κ3) is 5.34. The van der Waals surface area contributed by atoms with Crippen LogP contribution in [0, 0.1) is 19.8 Å². The molecular formula is C21H36NO2+. The first-order valence-corrected chi connectivity index (χ1v) is 9.35. The van der Waals surface area contributed by atoms with Crippen LogP contribution in [0.25, 0.3) is 0 Å². The highest BCUT2D eigenvalue weighted by molar-refractivity contribution is 5.78.